The van der Waals surface area contributed by atoms with Crippen LogP contribution in [0.15, 0.2) is 36.4 Å². The van der Waals surface area contributed by atoms with E-state index < -0.39 is 6.10 Å². The van der Waals surface area contributed by atoms with Gasteiger partial charge in [0.1, 0.15) is 6.10 Å². The molecule has 0 saturated heterocycles. The Morgan fingerprint density at radius 3 is 2.68 bits per heavy atom. The fraction of sp³-hybridized carbons (Fsp3) is 0.214. The van der Waals surface area contributed by atoms with Crippen molar-refractivity contribution in [3.8, 4) is 5.88 Å². The Labute approximate surface area is 121 Å². The van der Waals surface area contributed by atoms with Crippen LogP contribution >= 0.6 is 23.2 Å². The summed E-state index contributed by atoms with van der Waals surface area (Å²) in [5.74, 6) is 0.477. The summed E-state index contributed by atoms with van der Waals surface area (Å²) in [4.78, 5) is 4.20. The second-order valence-electron chi connectivity index (χ2n) is 4.07. The molecule has 1 N–H and O–H groups in total. The van der Waals surface area contributed by atoms with Crippen LogP contribution < -0.4 is 4.74 Å². The third kappa shape index (κ3) is 3.60. The maximum Gasteiger partial charge on any atom is 0.213 e. The first-order valence-corrected chi connectivity index (χ1v) is 6.48. The molecule has 5 heteroatoms. The first-order valence-electron chi connectivity index (χ1n) is 5.73. The summed E-state index contributed by atoms with van der Waals surface area (Å²) >= 11 is 11.8. The van der Waals surface area contributed by atoms with Gasteiger partial charge in [-0.15, -0.1) is 0 Å². The Morgan fingerprint density at radius 1 is 1.21 bits per heavy atom. The molecule has 0 bridgehead atoms. The molecular formula is C14H13Cl2NO2. The molecule has 0 aliphatic heterocycles. The molecule has 2 aromatic rings. The van der Waals surface area contributed by atoms with Gasteiger partial charge in [-0.05, 0) is 23.8 Å². The summed E-state index contributed by atoms with van der Waals surface area (Å²) < 4.78 is 5.03. The number of halogens is 2. The highest BCUT2D eigenvalue weighted by atomic mass is 35.5. The van der Waals surface area contributed by atoms with Crippen molar-refractivity contribution in [2.24, 2.45) is 0 Å². The number of pyridine rings is 1. The van der Waals surface area contributed by atoms with Crippen LogP contribution in [0, 0.1) is 0 Å². The average molecular weight is 298 g/mol. The number of rotatable bonds is 4. The number of aliphatic hydroxyl groups is 1. The van der Waals surface area contributed by atoms with E-state index in [0.717, 1.165) is 5.56 Å². The van der Waals surface area contributed by atoms with Crippen molar-refractivity contribution in [3.05, 3.63) is 57.7 Å². The first kappa shape index (κ1) is 14.1. The summed E-state index contributed by atoms with van der Waals surface area (Å²) in [5.41, 5.74) is 1.46. The maximum absolute atomic E-state index is 10.2. The van der Waals surface area contributed by atoms with Gasteiger partial charge in [0, 0.05) is 12.5 Å². The minimum atomic E-state index is -0.715. The normalized spacial score (nSPS) is 12.2. The number of aliphatic hydroxyl groups excluding tert-OH is 1. The lowest BCUT2D eigenvalue weighted by molar-refractivity contribution is 0.172. The van der Waals surface area contributed by atoms with Crippen molar-refractivity contribution in [2.45, 2.75) is 12.5 Å². The SMILES string of the molecule is COc1cccc(C(O)Cc2ccc(Cl)c(Cl)c2)n1. The standard InChI is InChI=1S/C14H13Cl2NO2/c1-19-14-4-2-3-12(17-14)13(18)8-9-5-6-10(15)11(16)7-9/h2-7,13,18H,8H2,1H3. The monoisotopic (exact) mass is 297 g/mol. The zero-order chi connectivity index (χ0) is 13.8. The van der Waals surface area contributed by atoms with Crippen molar-refractivity contribution < 1.29 is 9.84 Å². The minimum Gasteiger partial charge on any atom is -0.481 e. The molecule has 1 aromatic carbocycles. The van der Waals surface area contributed by atoms with Gasteiger partial charge in [0.15, 0.2) is 0 Å². The van der Waals surface area contributed by atoms with Crippen molar-refractivity contribution in [3.63, 3.8) is 0 Å². The second kappa shape index (κ2) is 6.24. The van der Waals surface area contributed by atoms with Gasteiger partial charge in [-0.1, -0.05) is 35.3 Å². The summed E-state index contributed by atoms with van der Waals surface area (Å²) in [5, 5.41) is 11.1. The quantitative estimate of drug-likeness (QED) is 0.936. The van der Waals surface area contributed by atoms with Crippen molar-refractivity contribution in [1.82, 2.24) is 4.98 Å². The van der Waals surface area contributed by atoms with Crippen LogP contribution in [-0.4, -0.2) is 17.2 Å². The average Bonchev–Trinajstić information content (AvgIpc) is 2.43. The van der Waals surface area contributed by atoms with Gasteiger partial charge in [-0.25, -0.2) is 4.98 Å². The number of aromatic nitrogens is 1. The van der Waals surface area contributed by atoms with Gasteiger partial charge in [0.05, 0.1) is 22.8 Å². The number of methoxy groups -OCH3 is 1. The highest BCUT2D eigenvalue weighted by Crippen LogP contribution is 2.25. The lowest BCUT2D eigenvalue weighted by Gasteiger charge is -2.11. The number of benzene rings is 1. The van der Waals surface area contributed by atoms with Gasteiger partial charge in [-0.2, -0.15) is 0 Å². The van der Waals surface area contributed by atoms with Crippen LogP contribution in [0.2, 0.25) is 10.0 Å². The van der Waals surface area contributed by atoms with Crippen LogP contribution in [0.1, 0.15) is 17.4 Å². The lowest BCUT2D eigenvalue weighted by atomic mass is 10.1. The topological polar surface area (TPSA) is 42.4 Å². The smallest absolute Gasteiger partial charge is 0.213 e. The van der Waals surface area contributed by atoms with E-state index in [0.29, 0.717) is 28.0 Å². The zero-order valence-electron chi connectivity index (χ0n) is 10.3. The largest absolute Gasteiger partial charge is 0.481 e. The van der Waals surface area contributed by atoms with E-state index in [1.54, 1.807) is 30.3 Å². The molecule has 100 valence electrons. The fourth-order valence-electron chi connectivity index (χ4n) is 1.72. The highest BCUT2D eigenvalue weighted by Gasteiger charge is 2.12. The van der Waals surface area contributed by atoms with E-state index in [9.17, 15) is 5.11 Å². The molecule has 2 rings (SSSR count). The molecule has 0 amide bonds. The molecule has 1 aromatic heterocycles. The number of hydrogen-bond acceptors (Lipinski definition) is 3. The van der Waals surface area contributed by atoms with E-state index in [1.165, 1.54) is 7.11 Å². The van der Waals surface area contributed by atoms with Gasteiger partial charge in [-0.3, -0.25) is 0 Å². The summed E-state index contributed by atoms with van der Waals surface area (Å²) in [6.07, 6.45) is -0.302. The van der Waals surface area contributed by atoms with Crippen molar-refractivity contribution in [2.75, 3.05) is 7.11 Å². The number of nitrogens with zero attached hydrogens (tertiary/aromatic N) is 1. The molecule has 0 radical (unpaired) electrons. The molecule has 0 saturated carbocycles. The molecule has 0 fully saturated rings. The summed E-state index contributed by atoms with van der Waals surface area (Å²) in [7, 11) is 1.54. The molecular weight excluding hydrogens is 285 g/mol. The van der Waals surface area contributed by atoms with Gasteiger partial charge >= 0.3 is 0 Å². The highest BCUT2D eigenvalue weighted by molar-refractivity contribution is 6.42. The van der Waals surface area contributed by atoms with Crippen LogP contribution in [0.5, 0.6) is 5.88 Å². The molecule has 1 heterocycles. The van der Waals surface area contributed by atoms with Crippen LogP contribution in [0.25, 0.3) is 0 Å². The molecule has 3 nitrogen and oxygen atoms in total. The molecule has 0 aliphatic rings. The van der Waals surface area contributed by atoms with Gasteiger partial charge < -0.3 is 9.84 Å². The molecule has 1 unspecified atom stereocenters. The number of ether oxygens (including phenoxy) is 1. The fourth-order valence-corrected chi connectivity index (χ4v) is 2.05. The summed E-state index contributed by atoms with van der Waals surface area (Å²) in [6.45, 7) is 0. The van der Waals surface area contributed by atoms with Crippen LogP contribution in [-0.2, 0) is 6.42 Å². The Morgan fingerprint density at radius 2 is 2.00 bits per heavy atom. The molecule has 19 heavy (non-hydrogen) atoms. The third-order valence-electron chi connectivity index (χ3n) is 2.71. The molecule has 0 spiro atoms. The van der Waals surface area contributed by atoms with E-state index in [1.807, 2.05) is 6.07 Å². The predicted octanol–water partition coefficient (Wildman–Crippen LogP) is 3.67. The first-order chi connectivity index (χ1) is 9.10. The third-order valence-corrected chi connectivity index (χ3v) is 3.45. The van der Waals surface area contributed by atoms with Crippen molar-refractivity contribution in [1.29, 1.82) is 0 Å². The van der Waals surface area contributed by atoms with Crippen LogP contribution in [0.3, 0.4) is 0 Å². The molecule has 1 atom stereocenters. The van der Waals surface area contributed by atoms with E-state index in [4.69, 9.17) is 27.9 Å². The van der Waals surface area contributed by atoms with Crippen molar-refractivity contribution >= 4 is 23.2 Å². The van der Waals surface area contributed by atoms with Gasteiger partial charge in [0.25, 0.3) is 0 Å². The van der Waals surface area contributed by atoms with Gasteiger partial charge in [0.2, 0.25) is 5.88 Å². The predicted molar refractivity (Wildman–Crippen MR) is 75.9 cm³/mol. The maximum atomic E-state index is 10.2. The lowest BCUT2D eigenvalue weighted by Crippen LogP contribution is -2.05. The second-order valence-corrected chi connectivity index (χ2v) is 4.89. The summed E-state index contributed by atoms with van der Waals surface area (Å²) in [6, 6.07) is 10.6. The van der Waals surface area contributed by atoms with E-state index in [-0.39, 0.29) is 0 Å². The zero-order valence-corrected chi connectivity index (χ0v) is 11.8. The minimum absolute atomic E-state index is 0.414. The molecule has 0 aliphatic carbocycles. The Bertz CT molecular complexity index is 575. The van der Waals surface area contributed by atoms with Crippen LogP contribution in [0.4, 0.5) is 0 Å². The van der Waals surface area contributed by atoms with E-state index >= 15 is 0 Å². The van der Waals surface area contributed by atoms with E-state index in [2.05, 4.69) is 4.98 Å². The number of hydrogen-bond donors (Lipinski definition) is 1. The Balaban J connectivity index is 2.15. The Hall–Kier alpha value is -1.29. The Kier molecular flexibility index (Phi) is 4.64.